The number of nitrogens with zero attached hydrogens (tertiary/aromatic N) is 1. The largest absolute Gasteiger partial charge is 0.391 e. The highest BCUT2D eigenvalue weighted by Gasteiger charge is 2.27. The predicted octanol–water partition coefficient (Wildman–Crippen LogP) is 3.44. The zero-order valence-corrected chi connectivity index (χ0v) is 15.4. The van der Waals surface area contributed by atoms with Crippen molar-refractivity contribution in [2.75, 3.05) is 20.2 Å². The number of halogens is 1. The summed E-state index contributed by atoms with van der Waals surface area (Å²) in [4.78, 5) is 2.30. The second kappa shape index (κ2) is 9.59. The third-order valence-corrected chi connectivity index (χ3v) is 5.07. The van der Waals surface area contributed by atoms with E-state index >= 15 is 0 Å². The van der Waals surface area contributed by atoms with Crippen molar-refractivity contribution >= 4 is 24.0 Å². The van der Waals surface area contributed by atoms with Crippen LogP contribution in [0.25, 0.3) is 0 Å². The second-order valence-corrected chi connectivity index (χ2v) is 6.57. The summed E-state index contributed by atoms with van der Waals surface area (Å²) in [6.07, 6.45) is 10.1. The van der Waals surface area contributed by atoms with Gasteiger partial charge in [-0.15, -0.1) is 24.0 Å². The van der Waals surface area contributed by atoms with Crippen molar-refractivity contribution < 1.29 is 9.84 Å². The van der Waals surface area contributed by atoms with E-state index in [1.165, 1.54) is 38.5 Å². The van der Waals surface area contributed by atoms with Gasteiger partial charge in [-0.2, -0.15) is 0 Å². The van der Waals surface area contributed by atoms with E-state index < -0.39 is 0 Å². The molecule has 0 bridgehead atoms. The SMILES string of the molecule is CC1CCCCC1OCCN(C)[C@@H]1CCCC[C@H]1O.I. The third kappa shape index (κ3) is 5.43. The van der Waals surface area contributed by atoms with Crippen LogP contribution in [-0.2, 0) is 4.74 Å². The van der Waals surface area contributed by atoms with E-state index in [1.54, 1.807) is 0 Å². The number of likely N-dealkylation sites (N-methyl/N-ethyl adjacent to an activating group) is 1. The van der Waals surface area contributed by atoms with Gasteiger partial charge in [-0.05, 0) is 38.6 Å². The van der Waals surface area contributed by atoms with Gasteiger partial charge in [0.1, 0.15) is 0 Å². The van der Waals surface area contributed by atoms with Crippen molar-refractivity contribution in [2.24, 2.45) is 5.92 Å². The fraction of sp³-hybridized carbons (Fsp3) is 1.00. The van der Waals surface area contributed by atoms with Crippen molar-refractivity contribution in [1.29, 1.82) is 0 Å². The van der Waals surface area contributed by atoms with Crippen LogP contribution in [0.15, 0.2) is 0 Å². The van der Waals surface area contributed by atoms with Crippen molar-refractivity contribution in [2.45, 2.75) is 76.5 Å². The standard InChI is InChI=1S/C16H31NO2.HI/c1-13-7-3-6-10-16(13)19-12-11-17(2)14-8-4-5-9-15(14)18;/h13-16,18H,3-12H2,1-2H3;1H/t13?,14-,15-,16?;/m1./s1. The molecule has 2 aliphatic carbocycles. The highest BCUT2D eigenvalue weighted by atomic mass is 127. The lowest BCUT2D eigenvalue weighted by atomic mass is 9.88. The van der Waals surface area contributed by atoms with E-state index in [-0.39, 0.29) is 30.1 Å². The van der Waals surface area contributed by atoms with Crippen LogP contribution < -0.4 is 0 Å². The summed E-state index contributed by atoms with van der Waals surface area (Å²) < 4.78 is 6.07. The first-order valence-electron chi connectivity index (χ1n) is 8.18. The Kier molecular flexibility index (Phi) is 8.95. The smallest absolute Gasteiger partial charge is 0.0695 e. The first-order valence-corrected chi connectivity index (χ1v) is 8.18. The van der Waals surface area contributed by atoms with Crippen LogP contribution in [0, 0.1) is 5.92 Å². The van der Waals surface area contributed by atoms with Crippen molar-refractivity contribution in [1.82, 2.24) is 4.90 Å². The molecular formula is C16H32INO2. The first kappa shape index (κ1) is 18.7. The Morgan fingerprint density at radius 3 is 2.40 bits per heavy atom. The molecule has 4 heteroatoms. The van der Waals surface area contributed by atoms with Gasteiger partial charge in [0.05, 0.1) is 18.8 Å². The molecule has 1 N–H and O–H groups in total. The van der Waals surface area contributed by atoms with Crippen LogP contribution >= 0.6 is 24.0 Å². The van der Waals surface area contributed by atoms with Gasteiger partial charge in [-0.1, -0.05) is 32.6 Å². The van der Waals surface area contributed by atoms with Gasteiger partial charge in [0.25, 0.3) is 0 Å². The molecule has 0 aliphatic heterocycles. The van der Waals surface area contributed by atoms with Gasteiger partial charge in [-0.3, -0.25) is 4.90 Å². The molecule has 120 valence electrons. The van der Waals surface area contributed by atoms with Crippen LogP contribution in [0.2, 0.25) is 0 Å². The van der Waals surface area contributed by atoms with E-state index in [2.05, 4.69) is 18.9 Å². The molecule has 2 rings (SSSR count). The summed E-state index contributed by atoms with van der Waals surface area (Å²) >= 11 is 0. The molecule has 4 atom stereocenters. The lowest BCUT2D eigenvalue weighted by Gasteiger charge is -2.36. The Labute approximate surface area is 141 Å². The molecule has 0 amide bonds. The van der Waals surface area contributed by atoms with E-state index in [9.17, 15) is 5.11 Å². The number of aliphatic hydroxyl groups excluding tert-OH is 1. The zero-order chi connectivity index (χ0) is 13.7. The van der Waals surface area contributed by atoms with Gasteiger partial charge in [-0.25, -0.2) is 0 Å². The Balaban J connectivity index is 0.00000200. The van der Waals surface area contributed by atoms with Crippen molar-refractivity contribution in [3.63, 3.8) is 0 Å². The van der Waals surface area contributed by atoms with E-state index in [4.69, 9.17) is 4.74 Å². The maximum Gasteiger partial charge on any atom is 0.0695 e. The minimum Gasteiger partial charge on any atom is -0.391 e. The van der Waals surface area contributed by atoms with Crippen molar-refractivity contribution in [3.05, 3.63) is 0 Å². The first-order chi connectivity index (χ1) is 9.18. The Morgan fingerprint density at radius 2 is 1.70 bits per heavy atom. The molecule has 0 saturated heterocycles. The highest BCUT2D eigenvalue weighted by Crippen LogP contribution is 2.26. The Morgan fingerprint density at radius 1 is 1.05 bits per heavy atom. The molecule has 0 heterocycles. The summed E-state index contributed by atoms with van der Waals surface area (Å²) in [7, 11) is 2.13. The maximum absolute atomic E-state index is 10.0. The van der Waals surface area contributed by atoms with Gasteiger partial charge >= 0.3 is 0 Å². The summed E-state index contributed by atoms with van der Waals surface area (Å²) in [5.41, 5.74) is 0. The quantitative estimate of drug-likeness (QED) is 0.722. The van der Waals surface area contributed by atoms with Crippen LogP contribution in [-0.4, -0.2) is 48.5 Å². The molecule has 3 nitrogen and oxygen atoms in total. The Hall–Kier alpha value is 0.610. The molecule has 2 aliphatic rings. The average molecular weight is 397 g/mol. The molecular weight excluding hydrogens is 365 g/mol. The highest BCUT2D eigenvalue weighted by molar-refractivity contribution is 14.0. The van der Waals surface area contributed by atoms with Crippen molar-refractivity contribution in [3.8, 4) is 0 Å². The molecule has 0 radical (unpaired) electrons. The fourth-order valence-corrected chi connectivity index (χ4v) is 3.65. The Bertz CT molecular complexity index is 265. The van der Waals surface area contributed by atoms with Crippen LogP contribution in [0.1, 0.15) is 58.3 Å². The summed E-state index contributed by atoms with van der Waals surface area (Å²) in [6.45, 7) is 4.08. The molecule has 2 saturated carbocycles. The lowest BCUT2D eigenvalue weighted by molar-refractivity contribution is -0.0282. The normalized spacial score (nSPS) is 34.8. The molecule has 0 spiro atoms. The summed E-state index contributed by atoms with van der Waals surface area (Å²) in [6, 6.07) is 0.348. The van der Waals surface area contributed by atoms with E-state index in [1.807, 2.05) is 0 Å². The molecule has 0 aromatic carbocycles. The predicted molar refractivity (Wildman–Crippen MR) is 93.7 cm³/mol. The second-order valence-electron chi connectivity index (χ2n) is 6.57. The minimum absolute atomic E-state index is 0. The average Bonchev–Trinajstić information content (AvgIpc) is 2.41. The number of ether oxygens (including phenoxy) is 1. The van der Waals surface area contributed by atoms with E-state index in [0.717, 1.165) is 31.9 Å². The van der Waals surface area contributed by atoms with Crippen LogP contribution in [0.4, 0.5) is 0 Å². The summed E-state index contributed by atoms with van der Waals surface area (Å²) in [5.74, 6) is 0.722. The van der Waals surface area contributed by atoms with E-state index in [0.29, 0.717) is 12.1 Å². The number of hydrogen-bond donors (Lipinski definition) is 1. The third-order valence-electron chi connectivity index (χ3n) is 5.07. The maximum atomic E-state index is 10.0. The topological polar surface area (TPSA) is 32.7 Å². The van der Waals surface area contributed by atoms with Crippen LogP contribution in [0.3, 0.4) is 0 Å². The fourth-order valence-electron chi connectivity index (χ4n) is 3.65. The number of aliphatic hydroxyl groups is 1. The molecule has 0 aromatic heterocycles. The monoisotopic (exact) mass is 397 g/mol. The van der Waals surface area contributed by atoms with Gasteiger partial charge < -0.3 is 9.84 Å². The minimum atomic E-state index is -0.132. The van der Waals surface area contributed by atoms with Gasteiger partial charge in [0.15, 0.2) is 0 Å². The molecule has 20 heavy (non-hydrogen) atoms. The van der Waals surface area contributed by atoms with Gasteiger partial charge in [0.2, 0.25) is 0 Å². The zero-order valence-electron chi connectivity index (χ0n) is 13.1. The number of rotatable bonds is 5. The number of hydrogen-bond acceptors (Lipinski definition) is 3. The van der Waals surface area contributed by atoms with Gasteiger partial charge in [0, 0.05) is 12.6 Å². The molecule has 2 fully saturated rings. The van der Waals surface area contributed by atoms with Crippen LogP contribution in [0.5, 0.6) is 0 Å². The molecule has 2 unspecified atom stereocenters. The summed E-state index contributed by atoms with van der Waals surface area (Å²) in [5, 5.41) is 10.0. The lowest BCUT2D eigenvalue weighted by Crippen LogP contribution is -2.45. The molecule has 0 aromatic rings.